The number of hydrogen-bond acceptors (Lipinski definition) is 4. The van der Waals surface area contributed by atoms with E-state index < -0.39 is 0 Å². The number of hydrogen-bond donors (Lipinski definition) is 0. The fourth-order valence-corrected chi connectivity index (χ4v) is 3.29. The standard InChI is InChI=1S/C9H19NS2.C8H17NS2.C8H18N.Zn/c1-3-5-7-10(9(11)12)8-6-4-2;1-3-5-7-9(6-4-2)8(10)11;1-3-5-7-9-8-6-4-2;/h3-8H2,1-2H3,(H,11,12);3-7H2,1-2H3,(H,10,11);3-8H2,1-2H3;/q;;-1;/p-2. The van der Waals surface area contributed by atoms with Crippen LogP contribution in [-0.4, -0.2) is 57.7 Å². The van der Waals surface area contributed by atoms with Gasteiger partial charge in [-0.25, -0.2) is 0 Å². The van der Waals surface area contributed by atoms with Gasteiger partial charge in [-0.05, 0) is 25.7 Å². The topological polar surface area (TPSA) is 20.6 Å². The van der Waals surface area contributed by atoms with E-state index in [2.05, 4.69) is 56.7 Å². The Morgan fingerprint density at radius 3 is 1.09 bits per heavy atom. The molecule has 196 valence electrons. The zero-order valence-electron chi connectivity index (χ0n) is 22.7. The summed E-state index contributed by atoms with van der Waals surface area (Å²) in [5, 5.41) is 4.35. The molecular formula is C25H52N3S4Zn-3. The van der Waals surface area contributed by atoms with E-state index in [1.807, 2.05) is 0 Å². The van der Waals surface area contributed by atoms with Crippen LogP contribution < -0.4 is 0 Å². The zero-order valence-corrected chi connectivity index (χ0v) is 28.9. The third kappa shape index (κ3) is 35.0. The third-order valence-electron chi connectivity index (χ3n) is 4.69. The smallest absolute Gasteiger partial charge is 0.0162 e. The molecule has 0 N–H and O–H groups in total. The van der Waals surface area contributed by atoms with Gasteiger partial charge in [-0.1, -0.05) is 95.1 Å². The molecule has 0 fully saturated rings. The van der Waals surface area contributed by atoms with Crippen molar-refractivity contribution in [3.63, 3.8) is 0 Å². The van der Waals surface area contributed by atoms with E-state index in [1.165, 1.54) is 64.2 Å². The van der Waals surface area contributed by atoms with Crippen molar-refractivity contribution in [3.8, 4) is 0 Å². The average Bonchev–Trinajstić information content (AvgIpc) is 2.77. The summed E-state index contributed by atoms with van der Waals surface area (Å²) in [5.41, 5.74) is 0. The van der Waals surface area contributed by atoms with Crippen LogP contribution in [0.2, 0.25) is 0 Å². The van der Waals surface area contributed by atoms with Gasteiger partial charge in [0.2, 0.25) is 0 Å². The summed E-state index contributed by atoms with van der Waals surface area (Å²) < 4.78 is 1.26. The van der Waals surface area contributed by atoms with E-state index in [1.54, 1.807) is 0 Å². The summed E-state index contributed by atoms with van der Waals surface area (Å²) >= 11 is 19.8. The Labute approximate surface area is 242 Å². The van der Waals surface area contributed by atoms with E-state index in [9.17, 15) is 0 Å². The Balaban J connectivity index is -0.000000190. The van der Waals surface area contributed by atoms with Gasteiger partial charge >= 0.3 is 0 Å². The molecule has 0 rings (SSSR count). The van der Waals surface area contributed by atoms with Gasteiger partial charge in [0.25, 0.3) is 0 Å². The maximum Gasteiger partial charge on any atom is 0.0162 e. The first kappa shape index (κ1) is 41.0. The van der Waals surface area contributed by atoms with Crippen LogP contribution >= 0.6 is 24.4 Å². The van der Waals surface area contributed by atoms with Crippen molar-refractivity contribution in [1.82, 2.24) is 9.80 Å². The summed E-state index contributed by atoms with van der Waals surface area (Å²) in [6.07, 6.45) is 13.4. The molecular weight excluding hydrogens is 536 g/mol. The average molecular weight is 588 g/mol. The minimum absolute atomic E-state index is 0. The van der Waals surface area contributed by atoms with Crippen molar-refractivity contribution in [2.45, 2.75) is 112 Å². The summed E-state index contributed by atoms with van der Waals surface area (Å²) in [4.78, 5) is 4.24. The second-order valence-corrected chi connectivity index (χ2v) is 10.0. The van der Waals surface area contributed by atoms with Crippen LogP contribution in [0, 0.1) is 0 Å². The van der Waals surface area contributed by atoms with Crippen molar-refractivity contribution >= 4 is 58.3 Å². The molecule has 0 unspecified atom stereocenters. The Morgan fingerprint density at radius 1 is 0.545 bits per heavy atom. The molecule has 33 heavy (non-hydrogen) atoms. The van der Waals surface area contributed by atoms with Gasteiger partial charge in [-0.3, -0.25) is 0 Å². The molecule has 3 nitrogen and oxygen atoms in total. The van der Waals surface area contributed by atoms with Crippen molar-refractivity contribution in [1.29, 1.82) is 0 Å². The van der Waals surface area contributed by atoms with Crippen LogP contribution in [0.3, 0.4) is 0 Å². The van der Waals surface area contributed by atoms with Gasteiger partial charge in [0.05, 0.1) is 0 Å². The molecule has 0 aliphatic heterocycles. The summed E-state index contributed by atoms with van der Waals surface area (Å²) in [6.45, 7) is 19.4. The van der Waals surface area contributed by atoms with Gasteiger partial charge in [0, 0.05) is 45.7 Å². The van der Waals surface area contributed by atoms with Gasteiger partial charge < -0.3 is 64.8 Å². The van der Waals surface area contributed by atoms with Crippen molar-refractivity contribution in [2.24, 2.45) is 0 Å². The van der Waals surface area contributed by atoms with Crippen LogP contribution in [-0.2, 0) is 44.7 Å². The normalized spacial score (nSPS) is 9.52. The minimum atomic E-state index is 0. The monoisotopic (exact) mass is 586 g/mol. The predicted octanol–water partition coefficient (Wildman–Crippen LogP) is 8.01. The van der Waals surface area contributed by atoms with Gasteiger partial charge in [0.1, 0.15) is 0 Å². The second kappa shape index (κ2) is 35.0. The maximum atomic E-state index is 4.98. The van der Waals surface area contributed by atoms with E-state index >= 15 is 0 Å². The molecule has 0 aromatic heterocycles. The second-order valence-electron chi connectivity index (χ2n) is 7.94. The Hall–Kier alpha value is 0.803. The molecule has 0 heterocycles. The summed E-state index contributed by atoms with van der Waals surface area (Å²) in [6, 6.07) is 0. The molecule has 0 aromatic rings. The molecule has 0 aromatic carbocycles. The Morgan fingerprint density at radius 2 is 0.848 bits per heavy atom. The quantitative estimate of drug-likeness (QED) is 0.0738. The first-order valence-corrected chi connectivity index (χ1v) is 14.5. The molecule has 8 heteroatoms. The number of thiocarbonyl (C=S) groups is 2. The molecule has 0 atom stereocenters. The summed E-state index contributed by atoms with van der Waals surface area (Å²) in [5.74, 6) is 0. The van der Waals surface area contributed by atoms with E-state index in [0.717, 1.165) is 45.7 Å². The van der Waals surface area contributed by atoms with E-state index in [-0.39, 0.29) is 19.5 Å². The van der Waals surface area contributed by atoms with Crippen LogP contribution in [0.25, 0.3) is 5.32 Å². The minimum Gasteiger partial charge on any atom is -0.662 e. The van der Waals surface area contributed by atoms with Crippen LogP contribution in [0.15, 0.2) is 0 Å². The van der Waals surface area contributed by atoms with E-state index in [4.69, 9.17) is 49.7 Å². The first-order valence-electron chi connectivity index (χ1n) is 12.9. The van der Waals surface area contributed by atoms with Gasteiger partial charge in [-0.2, -0.15) is 0 Å². The first-order chi connectivity index (χ1) is 15.4. The molecule has 0 aliphatic carbocycles. The van der Waals surface area contributed by atoms with Crippen molar-refractivity contribution in [2.75, 3.05) is 39.3 Å². The fourth-order valence-electron chi connectivity index (χ4n) is 2.56. The molecule has 0 amide bonds. The SMILES string of the molecule is CCCCN(CCC)C(=S)[S-].CCCCN(CCCC)C(=S)[S-].CCCC[N-]CCCC.[Zn]. The fraction of sp³-hybridized carbons (Fsp3) is 0.920. The Kier molecular flexibility index (Phi) is 43.4. The van der Waals surface area contributed by atoms with Gasteiger partial charge in [0.15, 0.2) is 0 Å². The third-order valence-corrected chi connectivity index (χ3v) is 5.73. The predicted molar refractivity (Wildman–Crippen MR) is 161 cm³/mol. The van der Waals surface area contributed by atoms with Crippen molar-refractivity contribution in [3.05, 3.63) is 5.32 Å². The molecule has 0 saturated heterocycles. The van der Waals surface area contributed by atoms with Gasteiger partial charge in [-0.15, -0.1) is 13.1 Å². The number of nitrogens with zero attached hydrogens (tertiary/aromatic N) is 3. The largest absolute Gasteiger partial charge is 0.662 e. The van der Waals surface area contributed by atoms with Crippen molar-refractivity contribution < 1.29 is 19.5 Å². The Bertz CT molecular complexity index is 388. The molecule has 0 saturated carbocycles. The number of unbranched alkanes of at least 4 members (excludes halogenated alkanes) is 5. The molecule has 0 aliphatic rings. The van der Waals surface area contributed by atoms with E-state index in [0.29, 0.717) is 8.64 Å². The summed E-state index contributed by atoms with van der Waals surface area (Å²) in [7, 11) is 0. The van der Waals surface area contributed by atoms with Crippen LogP contribution in [0.5, 0.6) is 0 Å². The maximum absolute atomic E-state index is 4.98. The zero-order chi connectivity index (χ0) is 25.0. The molecule has 0 radical (unpaired) electrons. The molecule has 0 bridgehead atoms. The molecule has 0 spiro atoms. The van der Waals surface area contributed by atoms with Crippen LogP contribution in [0.1, 0.15) is 112 Å². The number of rotatable bonds is 17. The van der Waals surface area contributed by atoms with Crippen LogP contribution in [0.4, 0.5) is 0 Å².